The molecule has 0 spiro atoms. The number of para-hydroxylation sites is 1. The van der Waals surface area contributed by atoms with Crippen LogP contribution in [0, 0.1) is 0 Å². The Morgan fingerprint density at radius 2 is 1.80 bits per heavy atom. The number of hydrogen-bond acceptors (Lipinski definition) is 4. The van der Waals surface area contributed by atoms with E-state index in [0.29, 0.717) is 17.8 Å². The summed E-state index contributed by atoms with van der Waals surface area (Å²) in [5.74, 6) is -0.0403. The van der Waals surface area contributed by atoms with Crippen molar-refractivity contribution < 1.29 is 9.53 Å². The van der Waals surface area contributed by atoms with E-state index in [1.807, 2.05) is 22.9 Å². The first kappa shape index (κ1) is 21.3. The quantitative estimate of drug-likeness (QED) is 0.633. The van der Waals surface area contributed by atoms with Crippen molar-refractivity contribution in [2.24, 2.45) is 0 Å². The molecule has 6 nitrogen and oxygen atoms in total. The van der Waals surface area contributed by atoms with Gasteiger partial charge in [-0.1, -0.05) is 57.2 Å². The topological polar surface area (TPSA) is 59.4 Å². The zero-order valence-electron chi connectivity index (χ0n) is 18.5. The Kier molecular flexibility index (Phi) is 7.05. The number of piperidine rings is 1. The molecular weight excluding hydrogens is 376 g/mol. The van der Waals surface area contributed by atoms with E-state index in [2.05, 4.69) is 30.3 Å². The second-order valence-corrected chi connectivity index (χ2v) is 9.01. The van der Waals surface area contributed by atoms with Crippen LogP contribution in [-0.2, 0) is 11.3 Å². The third-order valence-corrected chi connectivity index (χ3v) is 6.82. The molecule has 6 heteroatoms. The number of carbonyl (C=O) groups excluding carboxylic acids is 1. The van der Waals surface area contributed by atoms with Crippen LogP contribution in [0.4, 0.5) is 0 Å². The minimum atomic E-state index is -0.0403. The van der Waals surface area contributed by atoms with Crippen LogP contribution in [0.2, 0.25) is 0 Å². The summed E-state index contributed by atoms with van der Waals surface area (Å²) in [5, 5.41) is 8.98. The van der Waals surface area contributed by atoms with Gasteiger partial charge in [0, 0.05) is 30.1 Å². The molecule has 2 aliphatic heterocycles. The predicted molar refractivity (Wildman–Crippen MR) is 120 cm³/mol. The Labute approximate surface area is 179 Å². The molecule has 2 unspecified atom stereocenters. The summed E-state index contributed by atoms with van der Waals surface area (Å²) in [6, 6.07) is 9.10. The molecule has 0 aliphatic carbocycles. The number of aryl methyl sites for hydroxylation is 1. The smallest absolute Gasteiger partial charge is 0.272 e. The number of morpholine rings is 1. The van der Waals surface area contributed by atoms with Crippen LogP contribution in [-0.4, -0.2) is 59.0 Å². The average Bonchev–Trinajstić information content (AvgIpc) is 3.10. The van der Waals surface area contributed by atoms with Gasteiger partial charge in [0.15, 0.2) is 5.69 Å². The van der Waals surface area contributed by atoms with E-state index >= 15 is 0 Å². The lowest BCUT2D eigenvalue weighted by atomic mass is 9.90. The highest BCUT2D eigenvalue weighted by atomic mass is 16.5. The van der Waals surface area contributed by atoms with Gasteiger partial charge in [-0.25, -0.2) is 0 Å². The third-order valence-electron chi connectivity index (χ3n) is 6.82. The normalized spacial score (nSPS) is 24.3. The third kappa shape index (κ3) is 4.70. The summed E-state index contributed by atoms with van der Waals surface area (Å²) >= 11 is 0. The Morgan fingerprint density at radius 1 is 1.10 bits per heavy atom. The van der Waals surface area contributed by atoms with Gasteiger partial charge < -0.3 is 10.1 Å². The lowest BCUT2D eigenvalue weighted by Crippen LogP contribution is -2.59. The van der Waals surface area contributed by atoms with Crippen molar-refractivity contribution in [3.8, 4) is 0 Å². The van der Waals surface area contributed by atoms with Crippen molar-refractivity contribution in [1.82, 2.24) is 20.0 Å². The number of nitrogens with one attached hydrogen (secondary N) is 1. The molecule has 1 aromatic heterocycles. The van der Waals surface area contributed by atoms with E-state index in [1.165, 1.54) is 32.1 Å². The van der Waals surface area contributed by atoms with Crippen LogP contribution in [0.3, 0.4) is 0 Å². The SMILES string of the molecule is CCCCCCCCn1nc(C(=O)NC2CC3COCC(C2)N3C)c2ccccc21. The molecule has 1 aromatic carbocycles. The fourth-order valence-corrected chi connectivity index (χ4v) is 4.97. The van der Waals surface area contributed by atoms with Crippen molar-refractivity contribution in [1.29, 1.82) is 0 Å². The molecule has 0 radical (unpaired) electrons. The van der Waals surface area contributed by atoms with Crippen LogP contribution in [0.5, 0.6) is 0 Å². The Balaban J connectivity index is 1.41. The summed E-state index contributed by atoms with van der Waals surface area (Å²) in [6.45, 7) is 4.63. The highest BCUT2D eigenvalue weighted by Crippen LogP contribution is 2.27. The molecule has 0 saturated carbocycles. The standard InChI is InChI=1S/C24H36N4O2/c1-3-4-5-6-7-10-13-28-22-12-9-8-11-21(22)23(26-28)24(29)25-18-14-19-16-30-17-20(15-18)27(19)2/h8-9,11-12,18-20H,3-7,10,13-17H2,1-2H3,(H,25,29). The van der Waals surface area contributed by atoms with Gasteiger partial charge in [-0.05, 0) is 32.4 Å². The monoisotopic (exact) mass is 412 g/mol. The van der Waals surface area contributed by atoms with Gasteiger partial charge in [0.05, 0.1) is 18.7 Å². The van der Waals surface area contributed by atoms with Gasteiger partial charge in [-0.2, -0.15) is 5.10 Å². The summed E-state index contributed by atoms with van der Waals surface area (Å²) < 4.78 is 7.73. The van der Waals surface area contributed by atoms with E-state index in [-0.39, 0.29) is 11.9 Å². The second kappa shape index (κ2) is 9.92. The highest BCUT2D eigenvalue weighted by Gasteiger charge is 2.37. The molecule has 2 saturated heterocycles. The number of amides is 1. The molecular formula is C24H36N4O2. The molecule has 30 heavy (non-hydrogen) atoms. The summed E-state index contributed by atoms with van der Waals surface area (Å²) in [5.41, 5.74) is 1.63. The number of aromatic nitrogens is 2. The maximum absolute atomic E-state index is 13.2. The number of rotatable bonds is 9. The molecule has 2 atom stereocenters. The van der Waals surface area contributed by atoms with Crippen molar-refractivity contribution in [3.05, 3.63) is 30.0 Å². The first-order chi connectivity index (χ1) is 14.7. The maximum Gasteiger partial charge on any atom is 0.272 e. The molecule has 4 rings (SSSR count). The number of unbranched alkanes of at least 4 members (excludes halogenated alkanes) is 5. The number of nitrogens with zero attached hydrogens (tertiary/aromatic N) is 3. The van der Waals surface area contributed by atoms with Crippen LogP contribution >= 0.6 is 0 Å². The molecule has 2 aromatic rings. The van der Waals surface area contributed by atoms with E-state index in [9.17, 15) is 4.79 Å². The van der Waals surface area contributed by atoms with Crippen LogP contribution in [0.1, 0.15) is 68.8 Å². The van der Waals surface area contributed by atoms with Crippen molar-refractivity contribution in [3.63, 3.8) is 0 Å². The Morgan fingerprint density at radius 3 is 2.57 bits per heavy atom. The van der Waals surface area contributed by atoms with Gasteiger partial charge in [-0.15, -0.1) is 0 Å². The molecule has 3 heterocycles. The molecule has 2 bridgehead atoms. The Bertz CT molecular complexity index is 835. The largest absolute Gasteiger partial charge is 0.378 e. The number of fused-ring (bicyclic) bond motifs is 3. The first-order valence-corrected chi connectivity index (χ1v) is 11.7. The Hall–Kier alpha value is -1.92. The average molecular weight is 413 g/mol. The fourth-order valence-electron chi connectivity index (χ4n) is 4.97. The summed E-state index contributed by atoms with van der Waals surface area (Å²) in [6.07, 6.45) is 9.39. The van der Waals surface area contributed by atoms with Gasteiger partial charge in [-0.3, -0.25) is 14.4 Å². The van der Waals surface area contributed by atoms with E-state index in [4.69, 9.17) is 9.84 Å². The number of carbonyl (C=O) groups is 1. The number of hydrogen-bond donors (Lipinski definition) is 1. The van der Waals surface area contributed by atoms with E-state index in [1.54, 1.807) is 0 Å². The zero-order chi connectivity index (χ0) is 20.9. The summed E-state index contributed by atoms with van der Waals surface area (Å²) in [7, 11) is 2.17. The zero-order valence-corrected chi connectivity index (χ0v) is 18.5. The summed E-state index contributed by atoms with van der Waals surface area (Å²) in [4.78, 5) is 15.6. The number of likely N-dealkylation sites (N-methyl/N-ethyl adjacent to an activating group) is 1. The lowest BCUT2D eigenvalue weighted by molar-refractivity contribution is -0.0670. The minimum absolute atomic E-state index is 0.0403. The number of benzene rings is 1. The lowest BCUT2D eigenvalue weighted by Gasteiger charge is -2.46. The highest BCUT2D eigenvalue weighted by molar-refractivity contribution is 6.05. The van der Waals surface area contributed by atoms with Gasteiger partial charge >= 0.3 is 0 Å². The van der Waals surface area contributed by atoms with Crippen molar-refractivity contribution >= 4 is 16.8 Å². The molecule has 2 aliphatic rings. The first-order valence-electron chi connectivity index (χ1n) is 11.7. The van der Waals surface area contributed by atoms with E-state index in [0.717, 1.165) is 49.9 Å². The molecule has 164 valence electrons. The van der Waals surface area contributed by atoms with Crippen LogP contribution in [0.15, 0.2) is 24.3 Å². The molecule has 1 amide bonds. The van der Waals surface area contributed by atoms with Crippen LogP contribution in [0.25, 0.3) is 10.9 Å². The van der Waals surface area contributed by atoms with Crippen molar-refractivity contribution in [2.75, 3.05) is 20.3 Å². The minimum Gasteiger partial charge on any atom is -0.378 e. The number of ether oxygens (including phenoxy) is 1. The van der Waals surface area contributed by atoms with Crippen LogP contribution < -0.4 is 5.32 Å². The van der Waals surface area contributed by atoms with Gasteiger partial charge in [0.2, 0.25) is 0 Å². The van der Waals surface area contributed by atoms with Gasteiger partial charge in [0.1, 0.15) is 0 Å². The second-order valence-electron chi connectivity index (χ2n) is 9.01. The van der Waals surface area contributed by atoms with E-state index < -0.39 is 0 Å². The van der Waals surface area contributed by atoms with Crippen molar-refractivity contribution in [2.45, 2.75) is 83.0 Å². The fraction of sp³-hybridized carbons (Fsp3) is 0.667. The van der Waals surface area contributed by atoms with Gasteiger partial charge in [0.25, 0.3) is 5.91 Å². The molecule has 1 N–H and O–H groups in total. The predicted octanol–water partition coefficient (Wildman–Crippen LogP) is 3.99. The molecule has 2 fully saturated rings. The maximum atomic E-state index is 13.2.